The van der Waals surface area contributed by atoms with Crippen LogP contribution in [0.3, 0.4) is 0 Å². The number of hydrogen-bond donors (Lipinski definition) is 0. The van der Waals surface area contributed by atoms with Crippen LogP contribution < -0.4 is 0 Å². The first kappa shape index (κ1) is 25.3. The normalized spacial score (nSPS) is 19.7. The first-order valence-corrected chi connectivity index (χ1v) is 13.0. The summed E-state index contributed by atoms with van der Waals surface area (Å²) in [5, 5.41) is 0. The van der Waals surface area contributed by atoms with E-state index in [9.17, 15) is 8.78 Å². The molecule has 2 atom stereocenters. The molecular weight excluding hydrogens is 466 g/mol. The smallest absolute Gasteiger partial charge is 0.143 e. The standard InChI is InChI=1S/C33H32F2O2/c1-2-20-32(30-19-18-29(34)21-31(30)35)22-25(23-36-32)24-37-33(26-12-6-3-7-13-26,27-14-8-4-9-15-27)28-16-10-5-11-17-28/h3-19,21,25H,2,20,22-24H2,1H3. The van der Waals surface area contributed by atoms with Crippen molar-refractivity contribution in [3.63, 3.8) is 0 Å². The van der Waals surface area contributed by atoms with Crippen LogP contribution in [0.1, 0.15) is 48.4 Å². The summed E-state index contributed by atoms with van der Waals surface area (Å²) in [6.45, 7) is 2.93. The van der Waals surface area contributed by atoms with Crippen LogP contribution in [0.2, 0.25) is 0 Å². The lowest BCUT2D eigenvalue weighted by molar-refractivity contribution is -0.0201. The topological polar surface area (TPSA) is 18.5 Å². The highest BCUT2D eigenvalue weighted by Crippen LogP contribution is 2.46. The van der Waals surface area contributed by atoms with E-state index in [2.05, 4.69) is 43.3 Å². The van der Waals surface area contributed by atoms with Crippen molar-refractivity contribution >= 4 is 0 Å². The molecular formula is C33H32F2O2. The van der Waals surface area contributed by atoms with E-state index in [-0.39, 0.29) is 5.92 Å². The zero-order valence-corrected chi connectivity index (χ0v) is 21.1. The van der Waals surface area contributed by atoms with Crippen molar-refractivity contribution in [2.45, 2.75) is 37.4 Å². The lowest BCUT2D eigenvalue weighted by Gasteiger charge is -2.37. The zero-order chi connectivity index (χ0) is 25.7. The maximum Gasteiger partial charge on any atom is 0.143 e. The maximum atomic E-state index is 14.9. The van der Waals surface area contributed by atoms with E-state index in [1.165, 1.54) is 12.1 Å². The molecule has 0 bridgehead atoms. The molecule has 1 heterocycles. The van der Waals surface area contributed by atoms with E-state index in [0.717, 1.165) is 29.2 Å². The number of rotatable bonds is 9. The molecule has 1 fully saturated rings. The number of benzene rings is 4. The Morgan fingerprint density at radius 3 is 1.84 bits per heavy atom. The molecule has 4 aromatic rings. The van der Waals surface area contributed by atoms with Gasteiger partial charge in [0.2, 0.25) is 0 Å². The van der Waals surface area contributed by atoms with Gasteiger partial charge in [0.1, 0.15) is 17.2 Å². The van der Waals surface area contributed by atoms with Gasteiger partial charge in [-0.3, -0.25) is 0 Å². The van der Waals surface area contributed by atoms with Crippen LogP contribution in [-0.2, 0) is 20.7 Å². The summed E-state index contributed by atoms with van der Waals surface area (Å²) < 4.78 is 41.9. The summed E-state index contributed by atoms with van der Waals surface area (Å²) in [5.74, 6) is -1.09. The van der Waals surface area contributed by atoms with Crippen molar-refractivity contribution in [3.8, 4) is 0 Å². The fourth-order valence-corrected chi connectivity index (χ4v) is 5.74. The quantitative estimate of drug-likeness (QED) is 0.218. The van der Waals surface area contributed by atoms with E-state index in [0.29, 0.717) is 31.6 Å². The van der Waals surface area contributed by atoms with Gasteiger partial charge in [0.15, 0.2) is 0 Å². The van der Waals surface area contributed by atoms with Gasteiger partial charge < -0.3 is 9.47 Å². The molecule has 0 saturated carbocycles. The van der Waals surface area contributed by atoms with Crippen molar-refractivity contribution in [3.05, 3.63) is 143 Å². The van der Waals surface area contributed by atoms with Gasteiger partial charge in [0.25, 0.3) is 0 Å². The van der Waals surface area contributed by atoms with E-state index >= 15 is 0 Å². The Labute approximate surface area is 217 Å². The molecule has 0 radical (unpaired) electrons. The average Bonchev–Trinajstić information content (AvgIpc) is 3.35. The molecule has 0 amide bonds. The molecule has 0 N–H and O–H groups in total. The van der Waals surface area contributed by atoms with Crippen LogP contribution in [0.5, 0.6) is 0 Å². The van der Waals surface area contributed by atoms with Crippen LogP contribution >= 0.6 is 0 Å². The summed E-state index contributed by atoms with van der Waals surface area (Å²) in [5.41, 5.74) is 1.94. The second-order valence-corrected chi connectivity index (χ2v) is 9.84. The van der Waals surface area contributed by atoms with Gasteiger partial charge in [-0.15, -0.1) is 0 Å². The summed E-state index contributed by atoms with van der Waals surface area (Å²) >= 11 is 0. The highest BCUT2D eigenvalue weighted by atomic mass is 19.1. The molecule has 4 aromatic carbocycles. The zero-order valence-electron chi connectivity index (χ0n) is 21.1. The van der Waals surface area contributed by atoms with E-state index in [4.69, 9.17) is 9.47 Å². The third-order valence-electron chi connectivity index (χ3n) is 7.37. The first-order chi connectivity index (χ1) is 18.1. The molecule has 2 nitrogen and oxygen atoms in total. The van der Waals surface area contributed by atoms with Crippen LogP contribution in [-0.4, -0.2) is 13.2 Å². The van der Waals surface area contributed by atoms with Gasteiger partial charge >= 0.3 is 0 Å². The Bertz CT molecular complexity index is 1200. The minimum Gasteiger partial charge on any atom is -0.370 e. The van der Waals surface area contributed by atoms with Crippen LogP contribution in [0.15, 0.2) is 109 Å². The van der Waals surface area contributed by atoms with Crippen LogP contribution in [0, 0.1) is 17.6 Å². The van der Waals surface area contributed by atoms with Crippen LogP contribution in [0.4, 0.5) is 8.78 Å². The van der Waals surface area contributed by atoms with Crippen molar-refractivity contribution in [1.29, 1.82) is 0 Å². The van der Waals surface area contributed by atoms with Gasteiger partial charge in [0, 0.05) is 17.5 Å². The highest BCUT2D eigenvalue weighted by molar-refractivity contribution is 5.47. The second-order valence-electron chi connectivity index (χ2n) is 9.84. The molecule has 0 aliphatic carbocycles. The van der Waals surface area contributed by atoms with Gasteiger partial charge in [0.05, 0.1) is 18.8 Å². The maximum absolute atomic E-state index is 14.9. The van der Waals surface area contributed by atoms with E-state index in [1.54, 1.807) is 0 Å². The number of halogens is 2. The fourth-order valence-electron chi connectivity index (χ4n) is 5.74. The first-order valence-electron chi connectivity index (χ1n) is 13.0. The molecule has 1 aliphatic heterocycles. The Morgan fingerprint density at radius 1 is 0.811 bits per heavy atom. The van der Waals surface area contributed by atoms with Crippen molar-refractivity contribution in [2.75, 3.05) is 13.2 Å². The minimum absolute atomic E-state index is 0.0477. The molecule has 1 saturated heterocycles. The summed E-state index contributed by atoms with van der Waals surface area (Å²) in [6, 6.07) is 34.6. The lowest BCUT2D eigenvalue weighted by Crippen LogP contribution is -2.35. The molecule has 0 aromatic heterocycles. The highest BCUT2D eigenvalue weighted by Gasteiger charge is 2.45. The van der Waals surface area contributed by atoms with Gasteiger partial charge in [-0.1, -0.05) is 110 Å². The van der Waals surface area contributed by atoms with E-state index < -0.39 is 22.8 Å². The van der Waals surface area contributed by atoms with Gasteiger partial charge in [-0.25, -0.2) is 8.78 Å². The van der Waals surface area contributed by atoms with Crippen molar-refractivity contribution in [1.82, 2.24) is 0 Å². The third kappa shape index (κ3) is 4.96. The lowest BCUT2D eigenvalue weighted by atomic mass is 9.79. The minimum atomic E-state index is -0.819. The Balaban J connectivity index is 1.50. The number of ether oxygens (including phenoxy) is 2. The third-order valence-corrected chi connectivity index (χ3v) is 7.37. The molecule has 4 heteroatoms. The largest absolute Gasteiger partial charge is 0.370 e. The molecule has 5 rings (SSSR count). The van der Waals surface area contributed by atoms with E-state index in [1.807, 2.05) is 54.6 Å². The van der Waals surface area contributed by atoms with Crippen LogP contribution in [0.25, 0.3) is 0 Å². The Kier molecular flexibility index (Phi) is 7.50. The fraction of sp³-hybridized carbons (Fsp3) is 0.273. The summed E-state index contributed by atoms with van der Waals surface area (Å²) in [4.78, 5) is 0. The predicted octanol–water partition coefficient (Wildman–Crippen LogP) is 8.01. The van der Waals surface area contributed by atoms with Gasteiger partial charge in [-0.05, 0) is 35.6 Å². The average molecular weight is 499 g/mol. The molecule has 190 valence electrons. The molecule has 37 heavy (non-hydrogen) atoms. The molecule has 2 unspecified atom stereocenters. The summed E-state index contributed by atoms with van der Waals surface area (Å²) in [7, 11) is 0. The Morgan fingerprint density at radius 2 is 1.35 bits per heavy atom. The molecule has 0 spiro atoms. The van der Waals surface area contributed by atoms with Crippen molar-refractivity contribution < 1.29 is 18.3 Å². The number of hydrogen-bond acceptors (Lipinski definition) is 2. The molecule has 1 aliphatic rings. The Hall–Kier alpha value is -3.34. The predicted molar refractivity (Wildman–Crippen MR) is 142 cm³/mol. The SMILES string of the molecule is CCCC1(c2ccc(F)cc2F)CC(COC(c2ccccc2)(c2ccccc2)c2ccccc2)CO1. The summed E-state index contributed by atoms with van der Waals surface area (Å²) in [6.07, 6.45) is 2.09. The monoisotopic (exact) mass is 498 g/mol. The van der Waals surface area contributed by atoms with Crippen molar-refractivity contribution in [2.24, 2.45) is 5.92 Å². The van der Waals surface area contributed by atoms with Gasteiger partial charge in [-0.2, -0.15) is 0 Å². The second kappa shape index (κ2) is 11.0.